The number of amides is 11. The molecule has 7 fully saturated rings. The topological polar surface area (TPSA) is 267 Å². The molecule has 0 radical (unpaired) electrons. The van der Waals surface area contributed by atoms with E-state index in [-0.39, 0.29) is 114 Å². The zero-order chi connectivity index (χ0) is 69.3. The first kappa shape index (κ1) is 75.6. The lowest BCUT2D eigenvalue weighted by Crippen LogP contribution is -2.65. The van der Waals surface area contributed by atoms with E-state index in [0.29, 0.717) is 44.4 Å². The first-order valence-electron chi connectivity index (χ1n) is 35.2. The van der Waals surface area contributed by atoms with E-state index in [1.807, 2.05) is 20.8 Å². The lowest BCUT2D eigenvalue weighted by atomic mass is 9.78. The lowest BCUT2D eigenvalue weighted by molar-refractivity contribution is -0.182. The minimum Gasteiger partial charge on any atom is -0.351 e. The molecule has 530 valence electrons. The molecule has 0 aromatic rings. The van der Waals surface area contributed by atoms with Crippen LogP contribution in [-0.2, 0) is 52.7 Å². The number of carbonyl (C=O) groups is 11. The first-order valence-corrected chi connectivity index (χ1v) is 35.6. The van der Waals surface area contributed by atoms with Crippen molar-refractivity contribution < 1.29 is 65.9 Å². The van der Waals surface area contributed by atoms with Gasteiger partial charge in [-0.3, -0.25) is 52.7 Å². The van der Waals surface area contributed by atoms with Crippen LogP contribution in [0.15, 0.2) is 0 Å². The average molecular weight is 1350 g/mol. The zero-order valence-corrected chi connectivity index (χ0v) is 58.3. The Morgan fingerprint density at radius 3 is 1.82 bits per heavy atom. The third-order valence-electron chi connectivity index (χ3n) is 22.2. The average Bonchev–Trinajstić information content (AvgIpc) is 1.29. The predicted molar refractivity (Wildman–Crippen MR) is 348 cm³/mol. The van der Waals surface area contributed by atoms with Gasteiger partial charge in [0.05, 0.1) is 12.5 Å². The number of likely N-dealkylation sites (N-methyl/N-ethyl adjacent to an activating group) is 4. The monoisotopic (exact) mass is 1350 g/mol. The molecule has 26 heteroatoms. The van der Waals surface area contributed by atoms with Crippen LogP contribution >= 0.6 is 11.6 Å². The molecule has 3 heterocycles. The number of hydrogen-bond acceptors (Lipinski definition) is 11. The van der Waals surface area contributed by atoms with Gasteiger partial charge in [-0.05, 0) is 139 Å². The third kappa shape index (κ3) is 18.5. The van der Waals surface area contributed by atoms with Gasteiger partial charge in [-0.2, -0.15) is 13.2 Å². The highest BCUT2D eigenvalue weighted by Crippen LogP contribution is 2.44. The molecule has 0 aromatic carbocycles. The highest BCUT2D eigenvalue weighted by Gasteiger charge is 2.52. The van der Waals surface area contributed by atoms with Crippen LogP contribution in [-0.4, -0.2) is 214 Å². The number of alkyl halides is 4. The molecule has 0 bridgehead atoms. The Labute approximate surface area is 559 Å². The predicted octanol–water partition coefficient (Wildman–Crippen LogP) is 6.19. The highest BCUT2D eigenvalue weighted by atomic mass is 35.5. The molecule has 0 aromatic heterocycles. The number of carbonyl (C=O) groups excluding carboxylic acids is 11. The van der Waals surface area contributed by atoms with Crippen LogP contribution < -0.4 is 26.6 Å². The normalized spacial score (nSPS) is 33.4. The smallest absolute Gasteiger partial charge is 0.351 e. The number of halogens is 4. The van der Waals surface area contributed by atoms with Crippen LogP contribution in [0, 0.1) is 41.4 Å². The Morgan fingerprint density at radius 2 is 1.22 bits per heavy atom. The molecule has 5 N–H and O–H groups in total. The Hall–Kier alpha value is -5.75. The van der Waals surface area contributed by atoms with Crippen molar-refractivity contribution in [3.63, 3.8) is 0 Å². The molecular weight excluding hydrogens is 1240 g/mol. The van der Waals surface area contributed by atoms with Crippen LogP contribution in [0.3, 0.4) is 0 Å². The molecule has 22 nitrogen and oxygen atoms in total. The first-order chi connectivity index (χ1) is 44.3. The van der Waals surface area contributed by atoms with Crippen LogP contribution in [0.4, 0.5) is 13.2 Å². The number of nitrogens with one attached hydrogen (secondary N) is 5. The fourth-order valence-electron chi connectivity index (χ4n) is 15.9. The standard InChI is InChI=1S/C68H109ClF3N11O11/c1-12-41(5)56-65(93)79(9)43(7)61(89)83-33-29-52(83)64(92)80(10)53(37-45-23-21-40(4)22-24-45)63(91)78(8)38-55(85)74-49(28-26-44-25-27-47(48(69)36-44)68(70,71)72)62(90)82-32-17-20-51(82)59(87)77-67(30-15-16-31-67)66(94)81(11)57(46-18-13-14-19-46)60(88)73-42(6)35-54(84)75-50(34-39(2)3)58(86)76-56/h39-53,56-57H,12-38H2,1-11H3,(H,73,88)(H,74,85)(H,75,84)(H,76,86)(H,77,87)/t40?,41-,42+,43-,44?,45?,47?,48?,49-,50-,51-,52-,53-,56-,57-/m0/s1. The number of nitrogens with zero attached hydrogens (tertiary/aromatic N) is 6. The minimum absolute atomic E-state index is 0.0191. The molecule has 3 saturated heterocycles. The summed E-state index contributed by atoms with van der Waals surface area (Å²) in [5, 5.41) is 13.5. The Kier molecular flexibility index (Phi) is 26.5. The Bertz CT molecular complexity index is 2720. The molecule has 1 spiro atoms. The van der Waals surface area contributed by atoms with Crippen molar-refractivity contribution in [3.05, 3.63) is 0 Å². The Morgan fingerprint density at radius 1 is 0.596 bits per heavy atom. The molecule has 3 aliphatic heterocycles. The number of hydrogen-bond donors (Lipinski definition) is 5. The molecule has 4 saturated carbocycles. The summed E-state index contributed by atoms with van der Waals surface area (Å²) in [4.78, 5) is 170. The van der Waals surface area contributed by atoms with Gasteiger partial charge in [0.15, 0.2) is 0 Å². The molecule has 11 amide bonds. The van der Waals surface area contributed by atoms with Crippen molar-refractivity contribution in [2.45, 2.75) is 274 Å². The summed E-state index contributed by atoms with van der Waals surface area (Å²) in [6.07, 6.45) is 5.16. The molecule has 3 unspecified atom stereocenters. The van der Waals surface area contributed by atoms with E-state index in [4.69, 9.17) is 11.6 Å². The van der Waals surface area contributed by atoms with E-state index in [0.717, 1.165) is 38.5 Å². The van der Waals surface area contributed by atoms with Gasteiger partial charge in [0, 0.05) is 59.1 Å². The van der Waals surface area contributed by atoms with Gasteiger partial charge in [-0.15, -0.1) is 11.6 Å². The van der Waals surface area contributed by atoms with Crippen LogP contribution in [0.25, 0.3) is 0 Å². The summed E-state index contributed by atoms with van der Waals surface area (Å²) in [5.74, 6) is -8.60. The maximum atomic E-state index is 15.3. The molecule has 94 heavy (non-hydrogen) atoms. The summed E-state index contributed by atoms with van der Waals surface area (Å²) in [6, 6.07) is -9.62. The van der Waals surface area contributed by atoms with Gasteiger partial charge >= 0.3 is 6.18 Å². The van der Waals surface area contributed by atoms with Crippen molar-refractivity contribution in [1.82, 2.24) is 56.0 Å². The van der Waals surface area contributed by atoms with Gasteiger partial charge in [-0.1, -0.05) is 92.4 Å². The van der Waals surface area contributed by atoms with Gasteiger partial charge in [0.1, 0.15) is 53.9 Å². The summed E-state index contributed by atoms with van der Waals surface area (Å²) in [6.45, 7) is 12.5. The van der Waals surface area contributed by atoms with Crippen molar-refractivity contribution >= 4 is 76.6 Å². The lowest BCUT2D eigenvalue weighted by Gasteiger charge is -2.45. The van der Waals surface area contributed by atoms with Gasteiger partial charge < -0.3 is 56.0 Å². The summed E-state index contributed by atoms with van der Waals surface area (Å²) < 4.78 is 41.9. The van der Waals surface area contributed by atoms with Crippen molar-refractivity contribution in [2.24, 2.45) is 41.4 Å². The SMILES string of the molecule is CC[C@H](C)[C@@H]1NC(=O)[C@H](CC(C)C)NC(=O)C[C@@H](C)NC(=O)[C@H](C2CCCC2)N(C)C(=O)C2(CCCC2)NC(=O)[C@@H]2CCCN2C(=O)[C@H](CCC2CCC(C(F)(F)F)C(Cl)C2)NC(=O)CN(C)C(=O)[C@H](CC2CCC(C)CC2)N(C)C(=O)[C@@H]2CCN2C(=O)[C@H](C)N(C)C1=O. The number of rotatable bonds is 10. The summed E-state index contributed by atoms with van der Waals surface area (Å²) in [7, 11) is 5.94. The van der Waals surface area contributed by atoms with E-state index in [2.05, 4.69) is 33.5 Å². The number of fused-ring (bicyclic) bond motifs is 2. The van der Waals surface area contributed by atoms with E-state index >= 15 is 9.59 Å². The summed E-state index contributed by atoms with van der Waals surface area (Å²) >= 11 is 6.39. The Balaban J connectivity index is 1.22. The van der Waals surface area contributed by atoms with E-state index in [9.17, 15) is 56.3 Å². The van der Waals surface area contributed by atoms with Gasteiger partial charge in [0.25, 0.3) is 0 Å². The van der Waals surface area contributed by atoms with E-state index < -0.39 is 155 Å². The fourth-order valence-corrected chi connectivity index (χ4v) is 16.4. The molecular formula is C68H109ClF3N11O11. The van der Waals surface area contributed by atoms with Crippen molar-refractivity contribution in [1.29, 1.82) is 0 Å². The maximum absolute atomic E-state index is 15.3. The summed E-state index contributed by atoms with van der Waals surface area (Å²) in [5.41, 5.74) is -1.46. The molecule has 4 aliphatic carbocycles. The van der Waals surface area contributed by atoms with Crippen molar-refractivity contribution in [2.75, 3.05) is 47.8 Å². The molecule has 7 rings (SSSR count). The highest BCUT2D eigenvalue weighted by molar-refractivity contribution is 6.20. The largest absolute Gasteiger partial charge is 0.393 e. The quantitative estimate of drug-likeness (QED) is 0.154. The molecule has 7 aliphatic rings. The maximum Gasteiger partial charge on any atom is 0.393 e. The van der Waals surface area contributed by atoms with E-state index in [1.54, 1.807) is 27.8 Å². The van der Waals surface area contributed by atoms with E-state index in [1.165, 1.54) is 50.5 Å². The molecule has 13 atom stereocenters. The van der Waals surface area contributed by atoms with Crippen LogP contribution in [0.2, 0.25) is 0 Å². The van der Waals surface area contributed by atoms with Crippen molar-refractivity contribution in [3.8, 4) is 0 Å². The van der Waals surface area contributed by atoms with Gasteiger partial charge in [-0.25, -0.2) is 0 Å². The zero-order valence-electron chi connectivity index (χ0n) is 57.6. The fraction of sp³-hybridized carbons (Fsp3) is 0.838. The second kappa shape index (κ2) is 33.0. The van der Waals surface area contributed by atoms with Gasteiger partial charge in [0.2, 0.25) is 65.0 Å². The second-order valence-electron chi connectivity index (χ2n) is 29.6. The van der Waals surface area contributed by atoms with Crippen LogP contribution in [0.1, 0.15) is 203 Å². The second-order valence-corrected chi connectivity index (χ2v) is 30.2. The minimum atomic E-state index is -4.49. The third-order valence-corrected chi connectivity index (χ3v) is 22.6. The van der Waals surface area contributed by atoms with Crippen LogP contribution in [0.5, 0.6) is 0 Å².